The lowest BCUT2D eigenvalue weighted by Crippen LogP contribution is -2.27. The van der Waals surface area contributed by atoms with Crippen molar-refractivity contribution in [3.05, 3.63) is 71.1 Å². The molecule has 0 bridgehead atoms. The molecule has 6 nitrogen and oxygen atoms in total. The maximum absolute atomic E-state index is 12.6. The Hall–Kier alpha value is -3.12. The molecule has 0 atom stereocenters. The van der Waals surface area contributed by atoms with Gasteiger partial charge in [-0.15, -0.1) is 0 Å². The molecule has 0 fully saturated rings. The molecule has 27 heavy (non-hydrogen) atoms. The lowest BCUT2D eigenvalue weighted by atomic mass is 10.2. The minimum atomic E-state index is -0.236. The molecule has 0 aliphatic heterocycles. The highest BCUT2D eigenvalue weighted by atomic mass is 35.5. The highest BCUT2D eigenvalue weighted by Gasteiger charge is 2.15. The first-order valence-corrected chi connectivity index (χ1v) is 8.63. The minimum absolute atomic E-state index is 0.236. The summed E-state index contributed by atoms with van der Waals surface area (Å²) in [5.74, 6) is 0.852. The summed E-state index contributed by atoms with van der Waals surface area (Å²) in [6.45, 7) is 1.90. The second-order valence-corrected chi connectivity index (χ2v) is 6.32. The van der Waals surface area contributed by atoms with Gasteiger partial charge >= 0.3 is 0 Å². The van der Waals surface area contributed by atoms with E-state index in [0.717, 1.165) is 11.3 Å². The number of halogens is 1. The Kier molecular flexibility index (Phi) is 5.57. The Bertz CT molecular complexity index is 946. The smallest absolute Gasteiger partial charge is 0.278 e. The molecule has 1 amide bonds. The zero-order valence-corrected chi connectivity index (χ0v) is 16.0. The first-order valence-electron chi connectivity index (χ1n) is 8.26. The number of aryl methyl sites for hydroxylation is 1. The number of para-hydroxylation sites is 1. The average molecular weight is 383 g/mol. The van der Waals surface area contributed by atoms with Crippen molar-refractivity contribution in [3.8, 4) is 5.75 Å². The van der Waals surface area contributed by atoms with E-state index < -0.39 is 0 Å². The molecular formula is C20H19ClN4O2. The number of methoxy groups -OCH3 is 1. The van der Waals surface area contributed by atoms with E-state index in [-0.39, 0.29) is 11.6 Å². The van der Waals surface area contributed by atoms with Gasteiger partial charge in [0.2, 0.25) is 0 Å². The molecule has 3 aromatic rings. The van der Waals surface area contributed by atoms with Crippen LogP contribution in [-0.2, 0) is 0 Å². The van der Waals surface area contributed by atoms with Gasteiger partial charge in [0, 0.05) is 23.8 Å². The number of carbonyl (C=O) groups excluding carboxylic acids is 1. The van der Waals surface area contributed by atoms with E-state index in [1.165, 1.54) is 17.3 Å². The number of rotatable bonds is 5. The van der Waals surface area contributed by atoms with E-state index in [1.807, 2.05) is 43.3 Å². The molecule has 1 heterocycles. The molecule has 0 radical (unpaired) electrons. The van der Waals surface area contributed by atoms with Crippen LogP contribution in [0, 0.1) is 6.92 Å². The SMILES string of the molecule is COc1cc(Cl)c(C)cc1Nc1cnc(C(=O)N(C)c2ccccc2)cn1. The number of carbonyl (C=O) groups is 1. The molecule has 0 saturated carbocycles. The molecular weight excluding hydrogens is 364 g/mol. The third kappa shape index (κ3) is 4.17. The van der Waals surface area contributed by atoms with E-state index >= 15 is 0 Å². The van der Waals surface area contributed by atoms with Crippen molar-refractivity contribution in [1.29, 1.82) is 0 Å². The van der Waals surface area contributed by atoms with Crippen LogP contribution >= 0.6 is 11.6 Å². The van der Waals surface area contributed by atoms with Gasteiger partial charge in [-0.25, -0.2) is 9.97 Å². The van der Waals surface area contributed by atoms with Crippen LogP contribution < -0.4 is 15.0 Å². The lowest BCUT2D eigenvalue weighted by molar-refractivity contribution is 0.0988. The quantitative estimate of drug-likeness (QED) is 0.705. The molecule has 7 heteroatoms. The zero-order chi connectivity index (χ0) is 19.4. The fourth-order valence-electron chi connectivity index (χ4n) is 2.51. The number of hydrogen-bond donors (Lipinski definition) is 1. The highest BCUT2D eigenvalue weighted by molar-refractivity contribution is 6.31. The Labute approximate surface area is 162 Å². The zero-order valence-electron chi connectivity index (χ0n) is 15.2. The fourth-order valence-corrected chi connectivity index (χ4v) is 2.67. The van der Waals surface area contributed by atoms with Crippen LogP contribution in [0.15, 0.2) is 54.9 Å². The number of ether oxygens (including phenoxy) is 1. The summed E-state index contributed by atoms with van der Waals surface area (Å²) in [5, 5.41) is 3.76. The van der Waals surface area contributed by atoms with Crippen LogP contribution in [0.5, 0.6) is 5.75 Å². The summed E-state index contributed by atoms with van der Waals surface area (Å²) in [7, 11) is 3.27. The van der Waals surface area contributed by atoms with Crippen LogP contribution in [-0.4, -0.2) is 30.0 Å². The van der Waals surface area contributed by atoms with Gasteiger partial charge in [0.1, 0.15) is 17.3 Å². The van der Waals surface area contributed by atoms with Crippen LogP contribution in [0.2, 0.25) is 5.02 Å². The predicted octanol–water partition coefficient (Wildman–Crippen LogP) is 4.47. The summed E-state index contributed by atoms with van der Waals surface area (Å²) < 4.78 is 5.34. The highest BCUT2D eigenvalue weighted by Crippen LogP contribution is 2.32. The Balaban J connectivity index is 1.78. The van der Waals surface area contributed by atoms with E-state index in [9.17, 15) is 4.79 Å². The predicted molar refractivity (Wildman–Crippen MR) is 107 cm³/mol. The monoisotopic (exact) mass is 382 g/mol. The lowest BCUT2D eigenvalue weighted by Gasteiger charge is -2.17. The number of nitrogens with one attached hydrogen (secondary N) is 1. The van der Waals surface area contributed by atoms with Crippen LogP contribution in [0.25, 0.3) is 0 Å². The Morgan fingerprint density at radius 3 is 2.52 bits per heavy atom. The van der Waals surface area contributed by atoms with Crippen LogP contribution in [0.3, 0.4) is 0 Å². The molecule has 138 valence electrons. The molecule has 1 aromatic heterocycles. The second kappa shape index (κ2) is 8.05. The number of hydrogen-bond acceptors (Lipinski definition) is 5. The molecule has 1 N–H and O–H groups in total. The van der Waals surface area contributed by atoms with Gasteiger partial charge in [0.25, 0.3) is 5.91 Å². The first kappa shape index (κ1) is 18.7. The van der Waals surface area contributed by atoms with Gasteiger partial charge in [-0.2, -0.15) is 0 Å². The van der Waals surface area contributed by atoms with Gasteiger partial charge in [-0.3, -0.25) is 4.79 Å². The molecule has 0 unspecified atom stereocenters. The van der Waals surface area contributed by atoms with Crippen molar-refractivity contribution in [3.63, 3.8) is 0 Å². The summed E-state index contributed by atoms with van der Waals surface area (Å²) in [6.07, 6.45) is 2.95. The third-order valence-corrected chi connectivity index (χ3v) is 4.47. The van der Waals surface area contributed by atoms with Gasteiger partial charge < -0.3 is 15.0 Å². The average Bonchev–Trinajstić information content (AvgIpc) is 2.70. The van der Waals surface area contributed by atoms with Crippen molar-refractivity contribution in [1.82, 2.24) is 9.97 Å². The van der Waals surface area contributed by atoms with Gasteiger partial charge in [-0.1, -0.05) is 29.8 Å². The number of benzene rings is 2. The largest absolute Gasteiger partial charge is 0.495 e. The van der Waals surface area contributed by atoms with Crippen molar-refractivity contribution in [2.45, 2.75) is 6.92 Å². The first-order chi connectivity index (χ1) is 13.0. The summed E-state index contributed by atoms with van der Waals surface area (Å²) in [5.41, 5.74) is 2.66. The van der Waals surface area contributed by atoms with E-state index in [1.54, 1.807) is 20.2 Å². The van der Waals surface area contributed by atoms with E-state index in [0.29, 0.717) is 22.3 Å². The standard InChI is InChI=1S/C20H19ClN4O2/c1-13-9-16(18(27-3)10-15(13)21)24-19-12-22-17(11-23-19)20(26)25(2)14-7-5-4-6-8-14/h4-12H,1-3H3,(H,23,24). The maximum atomic E-state index is 12.6. The second-order valence-electron chi connectivity index (χ2n) is 5.91. The van der Waals surface area contributed by atoms with Crippen molar-refractivity contribution in [2.75, 3.05) is 24.4 Å². The molecule has 0 spiro atoms. The molecule has 2 aromatic carbocycles. The van der Waals surface area contributed by atoms with Crippen molar-refractivity contribution >= 4 is 34.7 Å². The third-order valence-electron chi connectivity index (χ3n) is 4.06. The number of amides is 1. The Morgan fingerprint density at radius 1 is 1.15 bits per heavy atom. The number of nitrogens with zero attached hydrogens (tertiary/aromatic N) is 3. The minimum Gasteiger partial charge on any atom is -0.495 e. The molecule has 0 aliphatic carbocycles. The van der Waals surface area contributed by atoms with Crippen LogP contribution in [0.4, 0.5) is 17.2 Å². The van der Waals surface area contributed by atoms with Gasteiger partial charge in [0.05, 0.1) is 25.2 Å². The van der Waals surface area contributed by atoms with Gasteiger partial charge in [0.15, 0.2) is 0 Å². The van der Waals surface area contributed by atoms with Crippen LogP contribution in [0.1, 0.15) is 16.1 Å². The Morgan fingerprint density at radius 2 is 1.89 bits per heavy atom. The molecule has 3 rings (SSSR count). The topological polar surface area (TPSA) is 67.3 Å². The van der Waals surface area contributed by atoms with Gasteiger partial charge in [-0.05, 0) is 30.7 Å². The fraction of sp³-hybridized carbons (Fsp3) is 0.150. The number of anilines is 3. The number of aromatic nitrogens is 2. The maximum Gasteiger partial charge on any atom is 0.278 e. The summed E-state index contributed by atoms with van der Waals surface area (Å²) in [6, 6.07) is 13.0. The van der Waals surface area contributed by atoms with Crippen molar-refractivity contribution < 1.29 is 9.53 Å². The molecule has 0 saturated heterocycles. The molecule has 0 aliphatic rings. The summed E-state index contributed by atoms with van der Waals surface area (Å²) >= 11 is 6.13. The normalized spacial score (nSPS) is 10.4. The van der Waals surface area contributed by atoms with Crippen molar-refractivity contribution in [2.24, 2.45) is 0 Å². The summed E-state index contributed by atoms with van der Waals surface area (Å²) in [4.78, 5) is 22.6. The van der Waals surface area contributed by atoms with E-state index in [2.05, 4.69) is 15.3 Å². The van der Waals surface area contributed by atoms with E-state index in [4.69, 9.17) is 16.3 Å².